The first kappa shape index (κ1) is 36.3. The second-order valence-electron chi connectivity index (χ2n) is 16.7. The molecule has 0 bridgehead atoms. The highest BCUT2D eigenvalue weighted by Gasteiger charge is 2.46. The number of fused-ring (bicyclic) bond motifs is 6. The van der Waals surface area contributed by atoms with Crippen molar-refractivity contribution in [3.63, 3.8) is 0 Å². The van der Waals surface area contributed by atoms with Crippen LogP contribution in [-0.4, -0.2) is 24.8 Å². The minimum absolute atomic E-state index is 0.115. The van der Waals surface area contributed by atoms with Gasteiger partial charge in [0.05, 0.1) is 26.0 Å². The van der Waals surface area contributed by atoms with Crippen LogP contribution in [0.3, 0.4) is 0 Å². The van der Waals surface area contributed by atoms with E-state index in [9.17, 15) is 0 Å². The highest BCUT2D eigenvalue weighted by atomic mass is 28.2. The Bertz CT molecular complexity index is 3260. The van der Waals surface area contributed by atoms with Gasteiger partial charge in [-0.05, 0) is 74.8 Å². The van der Waals surface area contributed by atoms with E-state index in [1.165, 1.54) is 82.3 Å². The maximum atomic E-state index is 5.44. The maximum absolute atomic E-state index is 5.44. The van der Waals surface area contributed by atoms with Gasteiger partial charge in [-0.2, -0.15) is 0 Å². The molecule has 2 heterocycles. The molecule has 0 N–H and O–H groups in total. The van der Waals surface area contributed by atoms with Crippen molar-refractivity contribution < 1.29 is 0 Å². The predicted molar refractivity (Wildman–Crippen MR) is 260 cm³/mol. The molecule has 12 rings (SSSR count). The van der Waals surface area contributed by atoms with Gasteiger partial charge in [-0.3, -0.25) is 0 Å². The second kappa shape index (κ2) is 14.9. The first-order valence-electron chi connectivity index (χ1n) is 21.6. The van der Waals surface area contributed by atoms with Crippen molar-refractivity contribution in [3.8, 4) is 16.8 Å². The van der Waals surface area contributed by atoms with Gasteiger partial charge in [0.15, 0.2) is 6.17 Å². The van der Waals surface area contributed by atoms with Gasteiger partial charge in [-0.15, -0.1) is 0 Å². The Morgan fingerprint density at radius 1 is 0.468 bits per heavy atom. The zero-order valence-electron chi connectivity index (χ0n) is 34.3. The standard InChI is InChI=1S/C58H43N3Si/c1-5-19-40(20-6-1)39-60-56(59-57(60)42-22-18-30-47(36-42)62-46-28-11-4-12-29-46)41-21-17-27-45(35-41)61-54-34-16-14-32-49(54)51-37-50-48-31-13-15-33-52(48)58(53(50)38-55(51)61,43-23-7-2-8-24-43)44-25-9-3-10-26-44/h1-38,56H,39,62H2/t56-/m1/s1. The molecule has 0 radical (unpaired) electrons. The van der Waals surface area contributed by atoms with E-state index in [1.54, 1.807) is 0 Å². The van der Waals surface area contributed by atoms with Crippen molar-refractivity contribution >= 4 is 47.5 Å². The van der Waals surface area contributed by atoms with Crippen LogP contribution in [0.25, 0.3) is 38.6 Å². The number of hydrogen-bond acceptors (Lipinski definition) is 2. The van der Waals surface area contributed by atoms with Crippen LogP contribution in [-0.2, 0) is 12.0 Å². The van der Waals surface area contributed by atoms with E-state index in [0.717, 1.165) is 18.1 Å². The van der Waals surface area contributed by atoms with Gasteiger partial charge in [0, 0.05) is 28.6 Å². The van der Waals surface area contributed by atoms with Crippen LogP contribution in [0, 0.1) is 0 Å². The lowest BCUT2D eigenvalue weighted by molar-refractivity contribution is 0.268. The third-order valence-electron chi connectivity index (χ3n) is 13.1. The minimum Gasteiger partial charge on any atom is -0.326 e. The van der Waals surface area contributed by atoms with E-state index in [1.807, 2.05) is 0 Å². The minimum atomic E-state index is -0.606. The quantitative estimate of drug-likeness (QED) is 0.133. The molecule has 0 saturated heterocycles. The van der Waals surface area contributed by atoms with Crippen LogP contribution in [0.5, 0.6) is 0 Å². The lowest BCUT2D eigenvalue weighted by Crippen LogP contribution is -2.43. The summed E-state index contributed by atoms with van der Waals surface area (Å²) in [6, 6.07) is 85.0. The summed E-state index contributed by atoms with van der Waals surface area (Å²) >= 11 is 0. The molecular weight excluding hydrogens is 767 g/mol. The molecular formula is C58H43N3Si. The molecule has 0 spiro atoms. The highest BCUT2D eigenvalue weighted by molar-refractivity contribution is 6.67. The summed E-state index contributed by atoms with van der Waals surface area (Å²) in [5.41, 5.74) is 14.4. The summed E-state index contributed by atoms with van der Waals surface area (Å²) in [4.78, 5) is 7.93. The molecule has 294 valence electrons. The third kappa shape index (κ3) is 5.82. The van der Waals surface area contributed by atoms with Crippen LogP contribution in [0.1, 0.15) is 45.1 Å². The summed E-state index contributed by atoms with van der Waals surface area (Å²) < 4.78 is 2.49. The smallest absolute Gasteiger partial charge is 0.151 e. The van der Waals surface area contributed by atoms with Gasteiger partial charge < -0.3 is 9.47 Å². The number of rotatable bonds is 9. The fourth-order valence-electron chi connectivity index (χ4n) is 10.4. The van der Waals surface area contributed by atoms with E-state index in [4.69, 9.17) is 4.99 Å². The SMILES string of the molecule is c1ccc(CN2C(c3cccc([SiH2]c4ccccc4)c3)=N[C@H]2c2cccc(-n3c4ccccc4c4cc5c(cc43)C(c3ccccc3)(c3ccccc3)c3ccccc3-5)c2)cc1. The van der Waals surface area contributed by atoms with Crippen molar-refractivity contribution in [2.24, 2.45) is 4.99 Å². The fourth-order valence-corrected chi connectivity index (χ4v) is 12.0. The van der Waals surface area contributed by atoms with Crippen LogP contribution in [0.2, 0.25) is 0 Å². The zero-order chi connectivity index (χ0) is 41.0. The number of aliphatic imine (C=N–C) groups is 1. The fraction of sp³-hybridized carbons (Fsp3) is 0.0517. The largest absolute Gasteiger partial charge is 0.326 e. The molecule has 1 aliphatic carbocycles. The Hall–Kier alpha value is -7.53. The van der Waals surface area contributed by atoms with Crippen molar-refractivity contribution in [1.82, 2.24) is 9.47 Å². The zero-order valence-corrected chi connectivity index (χ0v) is 35.7. The van der Waals surface area contributed by atoms with Crippen LogP contribution in [0.15, 0.2) is 236 Å². The van der Waals surface area contributed by atoms with Gasteiger partial charge >= 0.3 is 0 Å². The summed E-state index contributed by atoms with van der Waals surface area (Å²) in [6.07, 6.45) is -0.115. The maximum Gasteiger partial charge on any atom is 0.151 e. The molecule has 0 unspecified atom stereocenters. The number of amidine groups is 1. The Morgan fingerprint density at radius 3 is 1.89 bits per heavy atom. The van der Waals surface area contributed by atoms with Gasteiger partial charge in [0.1, 0.15) is 5.84 Å². The third-order valence-corrected chi connectivity index (χ3v) is 14.8. The molecule has 0 saturated carbocycles. The normalized spacial score (nSPS) is 15.1. The lowest BCUT2D eigenvalue weighted by atomic mass is 9.67. The van der Waals surface area contributed by atoms with E-state index < -0.39 is 14.9 Å². The molecule has 0 amide bonds. The molecule has 2 aliphatic rings. The number of para-hydroxylation sites is 1. The number of nitrogens with zero attached hydrogens (tertiary/aromatic N) is 3. The first-order valence-corrected chi connectivity index (χ1v) is 23.1. The summed E-state index contributed by atoms with van der Waals surface area (Å²) in [5, 5.41) is 5.37. The molecule has 1 atom stereocenters. The molecule has 10 aromatic rings. The molecule has 4 heteroatoms. The molecule has 62 heavy (non-hydrogen) atoms. The number of hydrogen-bond donors (Lipinski definition) is 0. The van der Waals surface area contributed by atoms with Gasteiger partial charge in [0.25, 0.3) is 0 Å². The van der Waals surface area contributed by atoms with Crippen molar-refractivity contribution in [1.29, 1.82) is 0 Å². The van der Waals surface area contributed by atoms with Gasteiger partial charge in [-0.1, -0.05) is 211 Å². The lowest BCUT2D eigenvalue weighted by Gasteiger charge is -2.41. The Kier molecular flexibility index (Phi) is 8.72. The molecule has 1 aliphatic heterocycles. The Morgan fingerprint density at radius 2 is 1.11 bits per heavy atom. The molecule has 0 fully saturated rings. The summed E-state index contributed by atoms with van der Waals surface area (Å²) in [6.45, 7) is 0.776. The van der Waals surface area contributed by atoms with E-state index in [-0.39, 0.29) is 6.17 Å². The average Bonchev–Trinajstić information content (AvgIpc) is 3.81. The second-order valence-corrected chi connectivity index (χ2v) is 18.7. The Labute approximate surface area is 364 Å². The van der Waals surface area contributed by atoms with Crippen LogP contribution < -0.4 is 10.4 Å². The van der Waals surface area contributed by atoms with Crippen molar-refractivity contribution in [2.45, 2.75) is 18.1 Å². The molecule has 1 aromatic heterocycles. The van der Waals surface area contributed by atoms with Gasteiger partial charge in [-0.25, -0.2) is 4.99 Å². The van der Waals surface area contributed by atoms with Crippen molar-refractivity contribution in [3.05, 3.63) is 269 Å². The topological polar surface area (TPSA) is 20.5 Å². The number of aromatic nitrogens is 1. The molecule has 3 nitrogen and oxygen atoms in total. The Balaban J connectivity index is 1.02. The first-order chi connectivity index (χ1) is 30.7. The van der Waals surface area contributed by atoms with Crippen molar-refractivity contribution in [2.75, 3.05) is 0 Å². The van der Waals surface area contributed by atoms with Gasteiger partial charge in [0.2, 0.25) is 0 Å². The van der Waals surface area contributed by atoms with E-state index >= 15 is 0 Å². The average molecular weight is 810 g/mol. The van der Waals surface area contributed by atoms with E-state index in [2.05, 4.69) is 240 Å². The summed E-state index contributed by atoms with van der Waals surface area (Å²) in [7, 11) is -0.606. The number of benzene rings is 9. The highest BCUT2D eigenvalue weighted by Crippen LogP contribution is 2.57. The molecule has 9 aromatic carbocycles. The van der Waals surface area contributed by atoms with Crippen LogP contribution in [0.4, 0.5) is 0 Å². The van der Waals surface area contributed by atoms with E-state index in [0.29, 0.717) is 0 Å². The summed E-state index contributed by atoms with van der Waals surface area (Å²) in [5.74, 6) is 1.05. The van der Waals surface area contributed by atoms with Crippen LogP contribution >= 0.6 is 0 Å². The monoisotopic (exact) mass is 809 g/mol. The predicted octanol–water partition coefficient (Wildman–Crippen LogP) is 11.2.